The summed E-state index contributed by atoms with van der Waals surface area (Å²) in [5.74, 6) is -0.871. The number of hydrogen-bond acceptors (Lipinski definition) is 4. The molecular formula is C12H17N3O3. The topological polar surface area (TPSA) is 77.2 Å². The third-order valence-electron chi connectivity index (χ3n) is 4.00. The van der Waals surface area contributed by atoms with E-state index in [1.807, 2.05) is 4.68 Å². The van der Waals surface area contributed by atoms with Crippen LogP contribution in [0.4, 0.5) is 0 Å². The second-order valence-electron chi connectivity index (χ2n) is 5.29. The van der Waals surface area contributed by atoms with Gasteiger partial charge in [0.15, 0.2) is 0 Å². The molecule has 1 spiro atoms. The van der Waals surface area contributed by atoms with Gasteiger partial charge in [-0.1, -0.05) is 5.21 Å². The molecule has 1 aliphatic heterocycles. The highest BCUT2D eigenvalue weighted by Gasteiger charge is 2.43. The maximum Gasteiger partial charge on any atom is 0.309 e. The minimum Gasteiger partial charge on any atom is -0.481 e. The molecule has 1 aromatic rings. The Morgan fingerprint density at radius 3 is 3.11 bits per heavy atom. The lowest BCUT2D eigenvalue weighted by molar-refractivity contribution is -0.141. The van der Waals surface area contributed by atoms with Crippen LogP contribution in [0.5, 0.6) is 0 Å². The summed E-state index contributed by atoms with van der Waals surface area (Å²) in [5, 5.41) is 16.7. The molecule has 6 heteroatoms. The molecule has 18 heavy (non-hydrogen) atoms. The molecule has 1 N–H and O–H groups in total. The van der Waals surface area contributed by atoms with Gasteiger partial charge in [-0.15, -0.1) is 5.10 Å². The molecule has 1 aromatic heterocycles. The highest BCUT2D eigenvalue weighted by atomic mass is 16.5. The van der Waals surface area contributed by atoms with Crippen LogP contribution in [0.1, 0.15) is 43.8 Å². The van der Waals surface area contributed by atoms with Gasteiger partial charge in [-0.3, -0.25) is 4.79 Å². The van der Waals surface area contributed by atoms with E-state index >= 15 is 0 Å². The fraction of sp³-hybridized carbons (Fsp3) is 0.750. The molecule has 2 fully saturated rings. The zero-order valence-corrected chi connectivity index (χ0v) is 10.2. The Kier molecular flexibility index (Phi) is 2.81. The largest absolute Gasteiger partial charge is 0.481 e. The van der Waals surface area contributed by atoms with Crippen molar-refractivity contribution >= 4 is 5.97 Å². The molecule has 0 radical (unpaired) electrons. The number of aromatic nitrogens is 3. The van der Waals surface area contributed by atoms with Crippen LogP contribution in [0, 0.1) is 0 Å². The molecule has 2 aliphatic rings. The van der Waals surface area contributed by atoms with E-state index in [1.165, 1.54) is 6.42 Å². The minimum atomic E-state index is -0.871. The fourth-order valence-corrected chi connectivity index (χ4v) is 2.88. The van der Waals surface area contributed by atoms with Crippen LogP contribution in [0.15, 0.2) is 6.20 Å². The normalized spacial score (nSPS) is 25.9. The molecule has 0 aromatic carbocycles. The molecule has 1 saturated heterocycles. The first-order chi connectivity index (χ1) is 8.67. The molecule has 1 unspecified atom stereocenters. The minimum absolute atomic E-state index is 0.0611. The Morgan fingerprint density at radius 2 is 2.44 bits per heavy atom. The summed E-state index contributed by atoms with van der Waals surface area (Å²) in [5.41, 5.74) is 0.596. The zero-order chi connectivity index (χ0) is 12.6. The van der Waals surface area contributed by atoms with Crippen molar-refractivity contribution in [1.82, 2.24) is 15.0 Å². The second kappa shape index (κ2) is 4.35. The maximum atomic E-state index is 10.6. The van der Waals surface area contributed by atoms with Gasteiger partial charge in [-0.05, 0) is 32.1 Å². The van der Waals surface area contributed by atoms with E-state index in [1.54, 1.807) is 6.20 Å². The number of rotatable bonds is 3. The average Bonchev–Trinajstić information content (AvgIpc) is 2.75. The average molecular weight is 251 g/mol. The fourth-order valence-electron chi connectivity index (χ4n) is 2.88. The molecule has 2 heterocycles. The van der Waals surface area contributed by atoms with Gasteiger partial charge in [-0.25, -0.2) is 4.68 Å². The zero-order valence-electron chi connectivity index (χ0n) is 10.2. The SMILES string of the molecule is O=C(O)Cc1cn(C2CCOC3(CCC3)C2)nn1. The van der Waals surface area contributed by atoms with E-state index in [0.29, 0.717) is 11.7 Å². The Balaban J connectivity index is 1.70. The van der Waals surface area contributed by atoms with Gasteiger partial charge >= 0.3 is 5.97 Å². The van der Waals surface area contributed by atoms with Crippen LogP contribution in [-0.2, 0) is 16.0 Å². The molecule has 3 rings (SSSR count). The summed E-state index contributed by atoms with van der Waals surface area (Å²) in [6.07, 6.45) is 7.13. The Morgan fingerprint density at radius 1 is 1.61 bits per heavy atom. The standard InChI is InChI=1S/C12H17N3O3/c16-11(17)6-9-8-15(14-13-9)10-2-5-18-12(7-10)3-1-4-12/h8,10H,1-7H2,(H,16,17). The van der Waals surface area contributed by atoms with E-state index < -0.39 is 5.97 Å². The van der Waals surface area contributed by atoms with Crippen molar-refractivity contribution in [1.29, 1.82) is 0 Å². The third kappa shape index (κ3) is 2.12. The quantitative estimate of drug-likeness (QED) is 0.872. The van der Waals surface area contributed by atoms with Gasteiger partial charge in [0.2, 0.25) is 0 Å². The van der Waals surface area contributed by atoms with Gasteiger partial charge in [0.25, 0.3) is 0 Å². The number of aliphatic carboxylic acids is 1. The van der Waals surface area contributed by atoms with Gasteiger partial charge < -0.3 is 9.84 Å². The monoisotopic (exact) mass is 251 g/mol. The van der Waals surface area contributed by atoms with Gasteiger partial charge in [0.1, 0.15) is 0 Å². The number of ether oxygens (including phenoxy) is 1. The molecule has 98 valence electrons. The van der Waals surface area contributed by atoms with Crippen molar-refractivity contribution in [2.45, 2.75) is 50.2 Å². The van der Waals surface area contributed by atoms with Crippen molar-refractivity contribution < 1.29 is 14.6 Å². The summed E-state index contributed by atoms with van der Waals surface area (Å²) in [6, 6.07) is 0.300. The third-order valence-corrected chi connectivity index (χ3v) is 4.00. The Bertz CT molecular complexity index is 453. The predicted octanol–water partition coefficient (Wildman–Crippen LogP) is 1.18. The Labute approximate surface area is 105 Å². The lowest BCUT2D eigenvalue weighted by Crippen LogP contribution is -2.46. The van der Waals surface area contributed by atoms with Crippen LogP contribution >= 0.6 is 0 Å². The van der Waals surface area contributed by atoms with Crippen LogP contribution in [-0.4, -0.2) is 38.3 Å². The van der Waals surface area contributed by atoms with Gasteiger partial charge in [0.05, 0.1) is 23.8 Å². The lowest BCUT2D eigenvalue weighted by Gasteiger charge is -2.47. The number of hydrogen-bond donors (Lipinski definition) is 1. The van der Waals surface area contributed by atoms with Crippen LogP contribution in [0.3, 0.4) is 0 Å². The predicted molar refractivity (Wildman–Crippen MR) is 62.2 cm³/mol. The van der Waals surface area contributed by atoms with Crippen molar-refractivity contribution in [2.24, 2.45) is 0 Å². The van der Waals surface area contributed by atoms with Crippen molar-refractivity contribution in [2.75, 3.05) is 6.61 Å². The van der Waals surface area contributed by atoms with Gasteiger partial charge in [-0.2, -0.15) is 0 Å². The summed E-state index contributed by atoms with van der Waals surface area (Å²) in [6.45, 7) is 0.763. The van der Waals surface area contributed by atoms with E-state index in [2.05, 4.69) is 10.3 Å². The summed E-state index contributed by atoms with van der Waals surface area (Å²) in [4.78, 5) is 10.6. The number of carboxylic acid groups (broad SMARTS) is 1. The molecule has 0 amide bonds. The van der Waals surface area contributed by atoms with Crippen LogP contribution in [0.25, 0.3) is 0 Å². The van der Waals surface area contributed by atoms with E-state index in [9.17, 15) is 4.79 Å². The molecule has 0 bridgehead atoms. The van der Waals surface area contributed by atoms with Crippen LogP contribution < -0.4 is 0 Å². The molecule has 1 aliphatic carbocycles. The molecular weight excluding hydrogens is 234 g/mol. The van der Waals surface area contributed by atoms with Crippen molar-refractivity contribution in [3.8, 4) is 0 Å². The van der Waals surface area contributed by atoms with Crippen LogP contribution in [0.2, 0.25) is 0 Å². The van der Waals surface area contributed by atoms with Gasteiger partial charge in [0, 0.05) is 12.8 Å². The van der Waals surface area contributed by atoms with Crippen molar-refractivity contribution in [3.05, 3.63) is 11.9 Å². The lowest BCUT2D eigenvalue weighted by atomic mass is 9.74. The number of carboxylic acids is 1. The maximum absolute atomic E-state index is 10.6. The first-order valence-electron chi connectivity index (χ1n) is 6.43. The van der Waals surface area contributed by atoms with E-state index in [0.717, 1.165) is 32.3 Å². The van der Waals surface area contributed by atoms with E-state index in [-0.39, 0.29) is 12.0 Å². The number of carbonyl (C=O) groups is 1. The van der Waals surface area contributed by atoms with Crippen molar-refractivity contribution in [3.63, 3.8) is 0 Å². The first-order valence-corrected chi connectivity index (χ1v) is 6.43. The summed E-state index contributed by atoms with van der Waals surface area (Å²) in [7, 11) is 0. The smallest absolute Gasteiger partial charge is 0.309 e. The molecule has 1 atom stereocenters. The number of nitrogens with zero attached hydrogens (tertiary/aromatic N) is 3. The van der Waals surface area contributed by atoms with E-state index in [4.69, 9.17) is 9.84 Å². The molecule has 6 nitrogen and oxygen atoms in total. The summed E-state index contributed by atoms with van der Waals surface area (Å²) < 4.78 is 7.69. The second-order valence-corrected chi connectivity index (χ2v) is 5.29. The highest BCUT2D eigenvalue weighted by Crippen LogP contribution is 2.45. The first kappa shape index (κ1) is 11.6. The summed E-state index contributed by atoms with van der Waals surface area (Å²) >= 11 is 0. The highest BCUT2D eigenvalue weighted by molar-refractivity contribution is 5.69. The molecule has 1 saturated carbocycles. The Hall–Kier alpha value is -1.43.